The van der Waals surface area contributed by atoms with Crippen LogP contribution in [-0.4, -0.2) is 0 Å². The van der Waals surface area contributed by atoms with Crippen molar-refractivity contribution in [3.63, 3.8) is 0 Å². The van der Waals surface area contributed by atoms with Crippen LogP contribution in [-0.2, 0) is 6.54 Å². The van der Waals surface area contributed by atoms with E-state index in [4.69, 9.17) is 4.42 Å². The summed E-state index contributed by atoms with van der Waals surface area (Å²) in [7, 11) is 0. The maximum atomic E-state index is 5.45. The molecular weight excluding hydrogens is 416 g/mol. The van der Waals surface area contributed by atoms with Crippen LogP contribution in [0.15, 0.2) is 40.8 Å². The maximum absolute atomic E-state index is 5.45. The summed E-state index contributed by atoms with van der Waals surface area (Å²) in [6, 6.07) is 12.2. The molecule has 0 aliphatic rings. The number of nitrogens with one attached hydrogen (secondary N) is 1. The number of rotatable bonds is 3. The maximum Gasteiger partial charge on any atom is 0.164 e. The molecule has 0 aliphatic carbocycles. The molecule has 0 atom stereocenters. The minimum absolute atomic E-state index is 0.726. The molecule has 0 amide bonds. The lowest BCUT2D eigenvalue weighted by atomic mass is 10.3. The van der Waals surface area contributed by atoms with Gasteiger partial charge in [-0.25, -0.2) is 0 Å². The molecule has 2 rings (SSSR count). The van der Waals surface area contributed by atoms with Gasteiger partial charge in [-0.2, -0.15) is 0 Å². The van der Waals surface area contributed by atoms with Crippen LogP contribution < -0.4 is 5.32 Å². The van der Waals surface area contributed by atoms with E-state index in [1.807, 2.05) is 12.1 Å². The summed E-state index contributed by atoms with van der Waals surface area (Å²) in [6.07, 6.45) is 0. The molecule has 1 aromatic heterocycles. The summed E-state index contributed by atoms with van der Waals surface area (Å²) in [5, 5.41) is 3.30. The first kappa shape index (κ1) is 11.3. The van der Waals surface area contributed by atoms with Gasteiger partial charge >= 0.3 is 0 Å². The van der Waals surface area contributed by atoms with Crippen molar-refractivity contribution in [1.82, 2.24) is 0 Å². The predicted molar refractivity (Wildman–Crippen MR) is 77.9 cm³/mol. The van der Waals surface area contributed by atoms with E-state index in [0.29, 0.717) is 0 Å². The molecule has 0 unspecified atom stereocenters. The second-order valence-electron chi connectivity index (χ2n) is 3.07. The Balaban J connectivity index is 1.96. The Hall–Kier alpha value is -0.240. The highest BCUT2D eigenvalue weighted by molar-refractivity contribution is 14.1. The molecule has 2 nitrogen and oxygen atoms in total. The molecule has 0 spiro atoms. The number of anilines is 1. The van der Waals surface area contributed by atoms with Crippen molar-refractivity contribution < 1.29 is 4.42 Å². The lowest BCUT2D eigenvalue weighted by Gasteiger charge is -2.03. The van der Waals surface area contributed by atoms with Crippen LogP contribution in [0.3, 0.4) is 0 Å². The number of benzene rings is 1. The Kier molecular flexibility index (Phi) is 3.90. The third-order valence-corrected chi connectivity index (χ3v) is 3.24. The highest BCUT2D eigenvalue weighted by Gasteiger charge is 1.98. The second-order valence-corrected chi connectivity index (χ2v) is 5.38. The van der Waals surface area contributed by atoms with Crippen molar-refractivity contribution in [1.29, 1.82) is 0 Å². The van der Waals surface area contributed by atoms with Gasteiger partial charge in [-0.15, -0.1) is 0 Å². The summed E-state index contributed by atoms with van der Waals surface area (Å²) < 4.78 is 7.62. The fraction of sp³-hybridized carbons (Fsp3) is 0.0909. The molecule has 2 aromatic rings. The molecule has 1 aromatic carbocycles. The molecule has 1 N–H and O–H groups in total. The van der Waals surface area contributed by atoms with E-state index in [9.17, 15) is 0 Å². The summed E-state index contributed by atoms with van der Waals surface area (Å²) in [6.45, 7) is 0.726. The van der Waals surface area contributed by atoms with E-state index < -0.39 is 0 Å². The van der Waals surface area contributed by atoms with E-state index in [1.165, 1.54) is 3.57 Å². The lowest BCUT2D eigenvalue weighted by molar-refractivity contribution is 0.493. The zero-order valence-corrected chi connectivity index (χ0v) is 12.2. The number of hydrogen-bond donors (Lipinski definition) is 1. The van der Waals surface area contributed by atoms with Gasteiger partial charge in [-0.1, -0.05) is 0 Å². The largest absolute Gasteiger partial charge is 0.454 e. The van der Waals surface area contributed by atoms with E-state index >= 15 is 0 Å². The van der Waals surface area contributed by atoms with Gasteiger partial charge in [0.05, 0.1) is 6.54 Å². The number of hydrogen-bond acceptors (Lipinski definition) is 2. The van der Waals surface area contributed by atoms with Gasteiger partial charge in [0, 0.05) is 9.26 Å². The first-order valence-electron chi connectivity index (χ1n) is 4.48. The third-order valence-electron chi connectivity index (χ3n) is 1.94. The molecule has 4 heteroatoms. The first-order chi connectivity index (χ1) is 7.24. The molecule has 0 saturated carbocycles. The standard InChI is InChI=1S/C11H9I2NO/c12-8-1-3-9(4-2-8)14-7-10-5-6-11(13)15-10/h1-6,14H,7H2. The molecule has 0 radical (unpaired) electrons. The zero-order valence-electron chi connectivity index (χ0n) is 7.84. The van der Waals surface area contributed by atoms with Crippen LogP contribution in [0.25, 0.3) is 0 Å². The van der Waals surface area contributed by atoms with E-state index in [-0.39, 0.29) is 0 Å². The van der Waals surface area contributed by atoms with E-state index in [2.05, 4.69) is 74.8 Å². The first-order valence-corrected chi connectivity index (χ1v) is 6.63. The summed E-state index contributed by atoms with van der Waals surface area (Å²) in [4.78, 5) is 0. The molecular formula is C11H9I2NO. The number of furan rings is 1. The van der Waals surface area contributed by atoms with Crippen LogP contribution >= 0.6 is 45.2 Å². The van der Waals surface area contributed by atoms with E-state index in [0.717, 1.165) is 21.8 Å². The molecule has 78 valence electrons. The van der Waals surface area contributed by atoms with Crippen molar-refractivity contribution in [3.8, 4) is 0 Å². The minimum atomic E-state index is 0.726. The highest BCUT2D eigenvalue weighted by atomic mass is 127. The minimum Gasteiger partial charge on any atom is -0.454 e. The normalized spacial score (nSPS) is 10.3. The van der Waals surface area contributed by atoms with Gasteiger partial charge in [0.15, 0.2) is 3.77 Å². The Bertz CT molecular complexity index is 436. The zero-order chi connectivity index (χ0) is 10.7. The Morgan fingerprint density at radius 3 is 2.33 bits per heavy atom. The SMILES string of the molecule is Ic1ccc(NCc2ccc(I)o2)cc1. The quantitative estimate of drug-likeness (QED) is 0.750. The van der Waals surface area contributed by atoms with Crippen LogP contribution in [0.4, 0.5) is 5.69 Å². The average molecular weight is 425 g/mol. The summed E-state index contributed by atoms with van der Waals surface area (Å²) in [5.41, 5.74) is 1.11. The molecule has 0 aliphatic heterocycles. The Labute approximate surface area is 116 Å². The van der Waals surface area contributed by atoms with Crippen molar-refractivity contribution in [2.45, 2.75) is 6.54 Å². The Morgan fingerprint density at radius 1 is 1.00 bits per heavy atom. The smallest absolute Gasteiger partial charge is 0.164 e. The van der Waals surface area contributed by atoms with Gasteiger partial charge < -0.3 is 9.73 Å². The fourth-order valence-corrected chi connectivity index (χ4v) is 2.03. The van der Waals surface area contributed by atoms with Crippen LogP contribution in [0.5, 0.6) is 0 Å². The summed E-state index contributed by atoms with van der Waals surface area (Å²) >= 11 is 4.46. The van der Waals surface area contributed by atoms with Crippen molar-refractivity contribution in [2.75, 3.05) is 5.32 Å². The van der Waals surface area contributed by atoms with Gasteiger partial charge in [0.2, 0.25) is 0 Å². The van der Waals surface area contributed by atoms with Crippen molar-refractivity contribution in [2.24, 2.45) is 0 Å². The topological polar surface area (TPSA) is 25.2 Å². The van der Waals surface area contributed by atoms with Gasteiger partial charge in [-0.3, -0.25) is 0 Å². The van der Waals surface area contributed by atoms with Crippen LogP contribution in [0.1, 0.15) is 5.76 Å². The van der Waals surface area contributed by atoms with Crippen LogP contribution in [0, 0.1) is 7.34 Å². The van der Waals surface area contributed by atoms with Crippen LogP contribution in [0.2, 0.25) is 0 Å². The van der Waals surface area contributed by atoms with E-state index in [1.54, 1.807) is 0 Å². The Morgan fingerprint density at radius 2 is 1.73 bits per heavy atom. The van der Waals surface area contributed by atoms with Gasteiger partial charge in [0.25, 0.3) is 0 Å². The lowest BCUT2D eigenvalue weighted by Crippen LogP contribution is -1.97. The molecule has 15 heavy (non-hydrogen) atoms. The second kappa shape index (κ2) is 5.20. The monoisotopic (exact) mass is 425 g/mol. The number of halogens is 2. The fourth-order valence-electron chi connectivity index (χ4n) is 1.20. The van der Waals surface area contributed by atoms with Crippen molar-refractivity contribution >= 4 is 50.9 Å². The third kappa shape index (κ3) is 3.37. The average Bonchev–Trinajstić information content (AvgIpc) is 2.64. The van der Waals surface area contributed by atoms with Gasteiger partial charge in [-0.05, 0) is 81.6 Å². The molecule has 0 saturated heterocycles. The summed E-state index contributed by atoms with van der Waals surface area (Å²) in [5.74, 6) is 0.956. The molecule has 0 bridgehead atoms. The van der Waals surface area contributed by atoms with Crippen molar-refractivity contribution in [3.05, 3.63) is 49.5 Å². The van der Waals surface area contributed by atoms with Gasteiger partial charge in [0.1, 0.15) is 5.76 Å². The highest BCUT2D eigenvalue weighted by Crippen LogP contribution is 2.14. The molecule has 0 fully saturated rings. The molecule has 1 heterocycles. The predicted octanol–water partition coefficient (Wildman–Crippen LogP) is 4.10.